The fourth-order valence-electron chi connectivity index (χ4n) is 5.57. The first-order valence-electron chi connectivity index (χ1n) is 14.3. The van der Waals surface area contributed by atoms with Crippen molar-refractivity contribution in [3.05, 3.63) is 71.0 Å². The topological polar surface area (TPSA) is 138 Å². The number of anilines is 3. The molecule has 4 heterocycles. The number of aromatic nitrogens is 1. The number of hydrogen-bond acceptors (Lipinski definition) is 8. The van der Waals surface area contributed by atoms with Crippen LogP contribution in [0.4, 0.5) is 26.2 Å². The highest BCUT2D eigenvalue weighted by atomic mass is 32.2. The van der Waals surface area contributed by atoms with E-state index in [0.29, 0.717) is 52.4 Å². The number of halogens is 1. The van der Waals surface area contributed by atoms with Crippen LogP contribution in [0.5, 0.6) is 11.5 Å². The SMILES string of the molecule is Cc1c(N2C(=O)Nc3c(C(=O)NC4CCCN(C(=O)CCS(C)(=O)=O)C4)sc4nccc2c34)ccc(Oc2ccccc2)c1F. The number of piperidine rings is 1. The molecule has 4 amide bonds. The van der Waals surface area contributed by atoms with Crippen LogP contribution in [-0.2, 0) is 14.6 Å². The number of thiophene rings is 1. The van der Waals surface area contributed by atoms with E-state index in [9.17, 15) is 22.8 Å². The number of ether oxygens (including phenoxy) is 1. The van der Waals surface area contributed by atoms with Crippen molar-refractivity contribution < 1.29 is 31.9 Å². The predicted molar refractivity (Wildman–Crippen MR) is 170 cm³/mol. The molecular formula is C31H30FN5O6S2. The average molecular weight is 652 g/mol. The van der Waals surface area contributed by atoms with Gasteiger partial charge in [-0.3, -0.25) is 14.5 Å². The zero-order valence-electron chi connectivity index (χ0n) is 24.5. The van der Waals surface area contributed by atoms with E-state index >= 15 is 4.39 Å². The molecule has 2 aromatic carbocycles. The summed E-state index contributed by atoms with van der Waals surface area (Å²) in [6.45, 7) is 2.31. The van der Waals surface area contributed by atoms with Crippen molar-refractivity contribution in [3.8, 4) is 11.5 Å². The molecule has 234 valence electrons. The lowest BCUT2D eigenvalue weighted by Crippen LogP contribution is -2.49. The molecule has 2 aliphatic heterocycles. The molecule has 45 heavy (non-hydrogen) atoms. The summed E-state index contributed by atoms with van der Waals surface area (Å²) in [6, 6.07) is 12.6. The van der Waals surface area contributed by atoms with Crippen LogP contribution in [0.2, 0.25) is 0 Å². The quantitative estimate of drug-likeness (QED) is 0.261. The van der Waals surface area contributed by atoms with Crippen molar-refractivity contribution >= 4 is 66.3 Å². The highest BCUT2D eigenvalue weighted by Gasteiger charge is 2.35. The molecule has 14 heteroatoms. The maximum atomic E-state index is 15.5. The minimum absolute atomic E-state index is 0.0216. The Labute approximate surface area is 262 Å². The second-order valence-corrected chi connectivity index (χ2v) is 14.3. The number of carbonyl (C=O) groups excluding carboxylic acids is 3. The van der Waals surface area contributed by atoms with E-state index in [4.69, 9.17) is 4.74 Å². The second kappa shape index (κ2) is 12.1. The van der Waals surface area contributed by atoms with Gasteiger partial charge in [0.25, 0.3) is 5.91 Å². The van der Waals surface area contributed by atoms with Crippen molar-refractivity contribution in [2.24, 2.45) is 0 Å². The van der Waals surface area contributed by atoms with Crippen LogP contribution in [0, 0.1) is 12.7 Å². The van der Waals surface area contributed by atoms with E-state index in [-0.39, 0.29) is 46.9 Å². The Morgan fingerprint density at radius 2 is 1.93 bits per heavy atom. The largest absolute Gasteiger partial charge is 0.454 e. The lowest BCUT2D eigenvalue weighted by Gasteiger charge is -2.33. The molecule has 0 aliphatic carbocycles. The highest BCUT2D eigenvalue weighted by molar-refractivity contribution is 7.90. The number of sulfone groups is 1. The van der Waals surface area contributed by atoms with Crippen molar-refractivity contribution in [2.75, 3.05) is 35.3 Å². The third-order valence-electron chi connectivity index (χ3n) is 7.78. The minimum Gasteiger partial charge on any atom is -0.454 e. The van der Waals surface area contributed by atoms with Crippen molar-refractivity contribution in [2.45, 2.75) is 32.2 Å². The Kier molecular flexibility index (Phi) is 8.18. The van der Waals surface area contributed by atoms with Gasteiger partial charge in [-0.2, -0.15) is 0 Å². The van der Waals surface area contributed by atoms with Crippen LogP contribution in [0.3, 0.4) is 0 Å². The normalized spacial score (nSPS) is 16.4. The number of carbonyl (C=O) groups is 3. The molecule has 1 saturated heterocycles. The summed E-state index contributed by atoms with van der Waals surface area (Å²) in [6.07, 6.45) is 3.80. The Bertz CT molecular complexity index is 1930. The van der Waals surface area contributed by atoms with Gasteiger partial charge in [-0.15, -0.1) is 11.3 Å². The van der Waals surface area contributed by atoms with Gasteiger partial charge in [0, 0.05) is 43.6 Å². The van der Waals surface area contributed by atoms with E-state index in [2.05, 4.69) is 15.6 Å². The van der Waals surface area contributed by atoms with Gasteiger partial charge in [0.15, 0.2) is 11.6 Å². The molecule has 2 N–H and O–H groups in total. The first kappa shape index (κ1) is 30.5. The van der Waals surface area contributed by atoms with Crippen LogP contribution < -0.4 is 20.3 Å². The molecule has 0 saturated carbocycles. The number of amides is 4. The molecule has 1 fully saturated rings. The smallest absolute Gasteiger partial charge is 0.331 e. The standard InChI is InChI=1S/C31H30FN5O6S2/c1-18-21(10-11-23(26(18)32)43-20-8-4-3-5-9-20)37-22-12-14-33-30-25(22)27(35-31(37)40)28(44-30)29(39)34-19-7-6-15-36(17-19)24(38)13-16-45(2,41)42/h3-5,8-12,14,19H,6-7,13,15-17H2,1-2H3,(H,34,39)(H,35,40). The van der Waals surface area contributed by atoms with Gasteiger partial charge in [0.1, 0.15) is 25.3 Å². The molecule has 2 aromatic heterocycles. The molecule has 6 rings (SSSR count). The summed E-state index contributed by atoms with van der Waals surface area (Å²) in [4.78, 5) is 47.8. The van der Waals surface area contributed by atoms with Crippen LogP contribution in [-0.4, -0.2) is 67.3 Å². The summed E-state index contributed by atoms with van der Waals surface area (Å²) in [5, 5.41) is 6.35. The zero-order chi connectivity index (χ0) is 31.9. The van der Waals surface area contributed by atoms with Gasteiger partial charge < -0.3 is 20.3 Å². The molecule has 4 aromatic rings. The highest BCUT2D eigenvalue weighted by Crippen LogP contribution is 2.47. The summed E-state index contributed by atoms with van der Waals surface area (Å²) in [5.41, 5.74) is 1.28. The van der Waals surface area contributed by atoms with Gasteiger partial charge >= 0.3 is 6.03 Å². The molecule has 0 bridgehead atoms. The maximum Gasteiger partial charge on any atom is 0.331 e. The van der Waals surface area contributed by atoms with E-state index < -0.39 is 27.6 Å². The number of likely N-dealkylation sites (tertiary alicyclic amines) is 1. The molecule has 1 unspecified atom stereocenters. The van der Waals surface area contributed by atoms with Crippen LogP contribution in [0.15, 0.2) is 54.7 Å². The van der Waals surface area contributed by atoms with Gasteiger partial charge in [-0.1, -0.05) is 18.2 Å². The zero-order valence-corrected chi connectivity index (χ0v) is 26.1. The number of nitrogens with one attached hydrogen (secondary N) is 2. The Morgan fingerprint density at radius 3 is 2.69 bits per heavy atom. The van der Waals surface area contributed by atoms with Gasteiger partial charge in [0.2, 0.25) is 5.91 Å². The number of para-hydroxylation sites is 1. The number of benzene rings is 2. The summed E-state index contributed by atoms with van der Waals surface area (Å²) < 4.78 is 44.2. The minimum atomic E-state index is -3.27. The van der Waals surface area contributed by atoms with E-state index in [1.54, 1.807) is 48.2 Å². The van der Waals surface area contributed by atoms with Crippen LogP contribution in [0.1, 0.15) is 34.5 Å². The van der Waals surface area contributed by atoms with Gasteiger partial charge in [0.05, 0.1) is 28.2 Å². The van der Waals surface area contributed by atoms with Gasteiger partial charge in [-0.25, -0.2) is 22.6 Å². The lowest BCUT2D eigenvalue weighted by molar-refractivity contribution is -0.132. The molecule has 0 radical (unpaired) electrons. The average Bonchev–Trinajstić information content (AvgIpc) is 3.39. The summed E-state index contributed by atoms with van der Waals surface area (Å²) in [5.74, 6) is -1.04. The number of rotatable bonds is 8. The maximum absolute atomic E-state index is 15.5. The molecule has 11 nitrogen and oxygen atoms in total. The Morgan fingerprint density at radius 1 is 1.16 bits per heavy atom. The summed E-state index contributed by atoms with van der Waals surface area (Å²) >= 11 is 1.12. The van der Waals surface area contributed by atoms with Crippen LogP contribution in [0.25, 0.3) is 10.2 Å². The third-order valence-corrected chi connectivity index (χ3v) is 9.82. The van der Waals surface area contributed by atoms with Gasteiger partial charge in [-0.05, 0) is 50.1 Å². The Hall–Kier alpha value is -4.56. The van der Waals surface area contributed by atoms with Crippen molar-refractivity contribution in [3.63, 3.8) is 0 Å². The van der Waals surface area contributed by atoms with Crippen molar-refractivity contribution in [1.82, 2.24) is 15.2 Å². The van der Waals surface area contributed by atoms with E-state index in [1.807, 2.05) is 6.07 Å². The predicted octanol–water partition coefficient (Wildman–Crippen LogP) is 5.38. The fourth-order valence-corrected chi connectivity index (χ4v) is 7.14. The molecular weight excluding hydrogens is 622 g/mol. The number of urea groups is 1. The summed E-state index contributed by atoms with van der Waals surface area (Å²) in [7, 11) is -3.27. The lowest BCUT2D eigenvalue weighted by atomic mass is 10.0. The number of nitrogens with zero attached hydrogens (tertiary/aromatic N) is 3. The number of pyridine rings is 1. The fraction of sp³-hybridized carbons (Fsp3) is 0.290. The molecule has 2 aliphatic rings. The number of hydrogen-bond donors (Lipinski definition) is 2. The first-order valence-corrected chi connectivity index (χ1v) is 17.2. The van der Waals surface area contributed by atoms with Crippen molar-refractivity contribution in [1.29, 1.82) is 0 Å². The van der Waals surface area contributed by atoms with E-state index in [0.717, 1.165) is 17.6 Å². The molecule has 0 spiro atoms. The Balaban J connectivity index is 1.25. The molecule has 1 atom stereocenters. The third kappa shape index (κ3) is 6.20. The second-order valence-electron chi connectivity index (χ2n) is 11.1. The monoisotopic (exact) mass is 651 g/mol. The van der Waals surface area contributed by atoms with E-state index in [1.165, 1.54) is 17.2 Å². The van der Waals surface area contributed by atoms with Crippen LogP contribution >= 0.6 is 11.3 Å². The first-order chi connectivity index (χ1) is 21.5.